The summed E-state index contributed by atoms with van der Waals surface area (Å²) in [5.41, 5.74) is 4.84. The van der Waals surface area contributed by atoms with Crippen LogP contribution in [0.25, 0.3) is 0 Å². The minimum absolute atomic E-state index is 0.153. The Morgan fingerprint density at radius 2 is 2.09 bits per heavy atom. The van der Waals surface area contributed by atoms with E-state index in [9.17, 15) is 4.79 Å². The van der Waals surface area contributed by atoms with Crippen LogP contribution in [0.15, 0.2) is 11.1 Å². The van der Waals surface area contributed by atoms with Gasteiger partial charge in [-0.1, -0.05) is 32.1 Å². The lowest BCUT2D eigenvalue weighted by atomic mass is 9.97. The standard InChI is InChI=1S/C17H25N3O2S/c21-8-9-22-12-16-10-14-11-18-13-20(17(14)23-16)19-15-6-4-2-1-3-5-7-15/h8,10-11,15,19H,1-7,9,12-13H2. The summed E-state index contributed by atoms with van der Waals surface area (Å²) in [5, 5.41) is 3.40. The highest BCUT2D eigenvalue weighted by atomic mass is 32.1. The normalized spacial score (nSPS) is 19.2. The maximum atomic E-state index is 10.4. The summed E-state index contributed by atoms with van der Waals surface area (Å²) in [6.45, 7) is 1.31. The lowest BCUT2D eigenvalue weighted by molar-refractivity contribution is -0.112. The highest BCUT2D eigenvalue weighted by molar-refractivity contribution is 7.16. The monoisotopic (exact) mass is 335 g/mol. The molecule has 1 aromatic heterocycles. The first kappa shape index (κ1) is 16.6. The van der Waals surface area contributed by atoms with Crippen LogP contribution in [0.5, 0.6) is 0 Å². The van der Waals surface area contributed by atoms with E-state index in [1.807, 2.05) is 6.21 Å². The van der Waals surface area contributed by atoms with Gasteiger partial charge in [-0.3, -0.25) is 10.0 Å². The number of fused-ring (bicyclic) bond motifs is 1. The summed E-state index contributed by atoms with van der Waals surface area (Å²) in [7, 11) is 0. The zero-order valence-corrected chi connectivity index (χ0v) is 14.3. The van der Waals surface area contributed by atoms with E-state index in [0.717, 1.165) is 16.7 Å². The first-order valence-corrected chi connectivity index (χ1v) is 9.36. The number of carbonyl (C=O) groups is 1. The average molecular weight is 335 g/mol. The number of nitrogens with one attached hydrogen (secondary N) is 1. The second-order valence-electron chi connectivity index (χ2n) is 6.21. The number of ether oxygens (including phenoxy) is 1. The van der Waals surface area contributed by atoms with E-state index in [1.165, 1.54) is 49.9 Å². The number of hydrogen-bond acceptors (Lipinski definition) is 6. The van der Waals surface area contributed by atoms with Crippen molar-refractivity contribution in [2.24, 2.45) is 4.99 Å². The van der Waals surface area contributed by atoms with Crippen molar-refractivity contribution >= 4 is 28.8 Å². The fourth-order valence-corrected chi connectivity index (χ4v) is 4.25. The molecule has 3 rings (SSSR count). The number of hydrazine groups is 1. The van der Waals surface area contributed by atoms with Gasteiger partial charge in [0.05, 0.1) is 6.61 Å². The van der Waals surface area contributed by atoms with E-state index in [4.69, 9.17) is 4.74 Å². The van der Waals surface area contributed by atoms with E-state index in [-0.39, 0.29) is 6.61 Å². The van der Waals surface area contributed by atoms with Crippen LogP contribution in [0.4, 0.5) is 5.00 Å². The minimum atomic E-state index is 0.153. The second-order valence-corrected chi connectivity index (χ2v) is 7.32. The summed E-state index contributed by atoms with van der Waals surface area (Å²) < 4.78 is 5.32. The molecule has 0 bridgehead atoms. The Morgan fingerprint density at radius 3 is 2.87 bits per heavy atom. The number of anilines is 1. The van der Waals surface area contributed by atoms with Gasteiger partial charge in [-0.15, -0.1) is 11.3 Å². The third-order valence-corrected chi connectivity index (χ3v) is 5.51. The van der Waals surface area contributed by atoms with Crippen LogP contribution in [0, 0.1) is 0 Å². The molecule has 2 aliphatic rings. The van der Waals surface area contributed by atoms with Crippen molar-refractivity contribution in [1.29, 1.82) is 0 Å². The van der Waals surface area contributed by atoms with E-state index < -0.39 is 0 Å². The topological polar surface area (TPSA) is 53.9 Å². The molecule has 1 saturated carbocycles. The predicted octanol–water partition coefficient (Wildman–Crippen LogP) is 3.28. The van der Waals surface area contributed by atoms with Gasteiger partial charge in [0.1, 0.15) is 24.6 Å². The third-order valence-electron chi connectivity index (χ3n) is 4.36. The molecule has 5 nitrogen and oxygen atoms in total. The first-order chi connectivity index (χ1) is 11.4. The van der Waals surface area contributed by atoms with E-state index in [1.54, 1.807) is 11.3 Å². The van der Waals surface area contributed by atoms with Crippen LogP contribution in [-0.2, 0) is 16.1 Å². The SMILES string of the molecule is O=CCOCc1cc2c(s1)N(NC1CCCCCCC1)CN=C2. The van der Waals surface area contributed by atoms with E-state index in [0.29, 0.717) is 19.3 Å². The first-order valence-electron chi connectivity index (χ1n) is 8.54. The molecule has 2 heterocycles. The highest BCUT2D eigenvalue weighted by Gasteiger charge is 2.21. The number of aliphatic imine (C=N–C) groups is 1. The molecule has 0 unspecified atom stereocenters. The van der Waals surface area contributed by atoms with Crippen LogP contribution >= 0.6 is 11.3 Å². The summed E-state index contributed by atoms with van der Waals surface area (Å²) in [4.78, 5) is 16.0. The molecular weight excluding hydrogens is 310 g/mol. The zero-order chi connectivity index (χ0) is 15.9. The smallest absolute Gasteiger partial charge is 0.145 e. The molecule has 6 heteroatoms. The average Bonchev–Trinajstić information content (AvgIpc) is 2.94. The molecular formula is C17H25N3O2S. The fourth-order valence-electron chi connectivity index (χ4n) is 3.22. The summed E-state index contributed by atoms with van der Waals surface area (Å²) in [6.07, 6.45) is 12.0. The number of hydrogen-bond donors (Lipinski definition) is 1. The Kier molecular flexibility index (Phi) is 6.19. The van der Waals surface area contributed by atoms with Crippen molar-refractivity contribution < 1.29 is 9.53 Å². The zero-order valence-electron chi connectivity index (χ0n) is 13.5. The molecule has 23 heavy (non-hydrogen) atoms. The fraction of sp³-hybridized carbons (Fsp3) is 0.647. The van der Waals surface area contributed by atoms with Crippen molar-refractivity contribution in [3.63, 3.8) is 0 Å². The largest absolute Gasteiger partial charge is 0.368 e. The van der Waals surface area contributed by atoms with Crippen LogP contribution in [0.2, 0.25) is 0 Å². The second kappa shape index (κ2) is 8.57. The van der Waals surface area contributed by atoms with Gasteiger partial charge in [0, 0.05) is 22.7 Å². The van der Waals surface area contributed by atoms with Crippen molar-refractivity contribution in [1.82, 2.24) is 5.43 Å². The minimum Gasteiger partial charge on any atom is -0.368 e. The van der Waals surface area contributed by atoms with E-state index >= 15 is 0 Å². The molecule has 1 aromatic rings. The van der Waals surface area contributed by atoms with Gasteiger partial charge in [-0.25, -0.2) is 5.43 Å². The lowest BCUT2D eigenvalue weighted by Gasteiger charge is -2.31. The van der Waals surface area contributed by atoms with Gasteiger partial charge >= 0.3 is 0 Å². The third kappa shape index (κ3) is 4.62. The molecule has 0 saturated heterocycles. The molecule has 0 amide bonds. The Labute approximate surface area is 141 Å². The van der Waals surface area contributed by atoms with Crippen molar-refractivity contribution in [2.75, 3.05) is 18.3 Å². The molecule has 0 aromatic carbocycles. The van der Waals surface area contributed by atoms with Crippen LogP contribution in [0.3, 0.4) is 0 Å². The highest BCUT2D eigenvalue weighted by Crippen LogP contribution is 2.32. The number of thiophene rings is 1. The molecule has 1 fully saturated rings. The van der Waals surface area contributed by atoms with E-state index in [2.05, 4.69) is 21.5 Å². The number of carbonyl (C=O) groups excluding carboxylic acids is 1. The van der Waals surface area contributed by atoms with Gasteiger partial charge < -0.3 is 9.53 Å². The molecule has 1 aliphatic heterocycles. The molecule has 126 valence electrons. The molecule has 0 radical (unpaired) electrons. The summed E-state index contributed by atoms with van der Waals surface area (Å²) in [5.74, 6) is 0. The number of aldehydes is 1. The molecule has 0 atom stereocenters. The molecule has 1 aliphatic carbocycles. The van der Waals surface area contributed by atoms with Crippen molar-refractivity contribution in [2.45, 2.75) is 57.6 Å². The van der Waals surface area contributed by atoms with Crippen molar-refractivity contribution in [3.05, 3.63) is 16.5 Å². The lowest BCUT2D eigenvalue weighted by Crippen LogP contribution is -2.46. The van der Waals surface area contributed by atoms with Gasteiger partial charge in [0.15, 0.2) is 0 Å². The quantitative estimate of drug-likeness (QED) is 0.640. The van der Waals surface area contributed by atoms with Crippen molar-refractivity contribution in [3.8, 4) is 0 Å². The van der Waals surface area contributed by atoms with Gasteiger partial charge in [-0.05, 0) is 18.9 Å². The Hall–Kier alpha value is -1.24. The molecule has 0 spiro atoms. The number of nitrogens with zero attached hydrogens (tertiary/aromatic N) is 2. The number of rotatable bonds is 6. The molecule has 1 N–H and O–H groups in total. The van der Waals surface area contributed by atoms with Gasteiger partial charge in [0.2, 0.25) is 0 Å². The summed E-state index contributed by atoms with van der Waals surface area (Å²) in [6, 6.07) is 2.66. The Balaban J connectivity index is 1.63. The predicted molar refractivity (Wildman–Crippen MR) is 94.2 cm³/mol. The Bertz CT molecular complexity index is 536. The van der Waals surface area contributed by atoms with Crippen LogP contribution < -0.4 is 10.4 Å². The Morgan fingerprint density at radius 1 is 1.30 bits per heavy atom. The maximum Gasteiger partial charge on any atom is 0.145 e. The maximum absolute atomic E-state index is 10.4. The van der Waals surface area contributed by atoms with Crippen LogP contribution in [-0.4, -0.2) is 31.8 Å². The van der Waals surface area contributed by atoms with Crippen LogP contribution in [0.1, 0.15) is 55.4 Å². The summed E-state index contributed by atoms with van der Waals surface area (Å²) >= 11 is 1.72. The van der Waals surface area contributed by atoms with Gasteiger partial charge in [0.25, 0.3) is 0 Å². The van der Waals surface area contributed by atoms with Gasteiger partial charge in [-0.2, -0.15) is 0 Å².